The molecule has 0 bridgehead atoms. The Morgan fingerprint density at radius 1 is 1.21 bits per heavy atom. The van der Waals surface area contributed by atoms with Gasteiger partial charge in [-0.2, -0.15) is 14.7 Å². The third-order valence-electron chi connectivity index (χ3n) is 5.50. The third kappa shape index (κ3) is 3.88. The van der Waals surface area contributed by atoms with Crippen molar-refractivity contribution in [1.82, 2.24) is 23.6 Å². The van der Waals surface area contributed by atoms with Gasteiger partial charge in [-0.05, 0) is 44.1 Å². The molecule has 1 saturated heterocycles. The number of nitrogens with zero attached hydrogens (tertiary/aromatic N) is 6. The Labute approximate surface area is 176 Å². The zero-order chi connectivity index (χ0) is 20.6. The van der Waals surface area contributed by atoms with Crippen molar-refractivity contribution in [2.45, 2.75) is 43.8 Å². The van der Waals surface area contributed by atoms with E-state index in [-0.39, 0.29) is 10.5 Å². The van der Waals surface area contributed by atoms with Crippen LogP contribution < -0.4 is 0 Å². The Bertz CT molecular complexity index is 1100. The Kier molecular flexibility index (Phi) is 5.57. The van der Waals surface area contributed by atoms with E-state index >= 15 is 0 Å². The van der Waals surface area contributed by atoms with Crippen LogP contribution in [0.3, 0.4) is 0 Å². The highest BCUT2D eigenvalue weighted by Crippen LogP contribution is 2.39. The molecule has 1 aromatic carbocycles. The molecule has 0 amide bonds. The Morgan fingerprint density at radius 3 is 2.52 bits per heavy atom. The van der Waals surface area contributed by atoms with E-state index in [0.717, 1.165) is 17.1 Å². The van der Waals surface area contributed by atoms with Gasteiger partial charge in [0.2, 0.25) is 10.0 Å². The minimum absolute atomic E-state index is 0.0777. The van der Waals surface area contributed by atoms with Gasteiger partial charge in [0.1, 0.15) is 11.9 Å². The van der Waals surface area contributed by atoms with Crippen molar-refractivity contribution in [2.24, 2.45) is 0 Å². The summed E-state index contributed by atoms with van der Waals surface area (Å²) < 4.78 is 32.1. The van der Waals surface area contributed by atoms with Crippen LogP contribution in [0.25, 0.3) is 0 Å². The van der Waals surface area contributed by atoms with Gasteiger partial charge in [-0.25, -0.2) is 13.1 Å². The predicted octanol–water partition coefficient (Wildman–Crippen LogP) is 2.15. The first-order chi connectivity index (χ1) is 14.0. The minimum atomic E-state index is -3.68. The number of nitriles is 1. The highest BCUT2D eigenvalue weighted by Gasteiger charge is 2.32. The number of benzene rings is 1. The van der Waals surface area contributed by atoms with Gasteiger partial charge in [0, 0.05) is 38.6 Å². The monoisotopic (exact) mass is 432 g/mol. The number of aromatic nitrogens is 3. The Hall–Kier alpha value is -2.06. The summed E-state index contributed by atoms with van der Waals surface area (Å²) in [4.78, 5) is 2.25. The van der Waals surface area contributed by atoms with Crippen molar-refractivity contribution < 1.29 is 8.42 Å². The average Bonchev–Trinajstić information content (AvgIpc) is 3.53. The Balaban J connectivity index is 1.45. The lowest BCUT2D eigenvalue weighted by molar-refractivity contribution is 0.144. The fraction of sp³-hybridized carbons (Fsp3) is 0.526. The number of piperazine rings is 1. The smallest absolute Gasteiger partial charge is 0.244 e. The van der Waals surface area contributed by atoms with Crippen molar-refractivity contribution in [3.8, 4) is 6.07 Å². The van der Waals surface area contributed by atoms with Crippen molar-refractivity contribution in [3.05, 3.63) is 40.4 Å². The van der Waals surface area contributed by atoms with E-state index in [1.54, 1.807) is 12.1 Å². The highest BCUT2D eigenvalue weighted by molar-refractivity contribution is 7.89. The molecule has 0 radical (unpaired) electrons. The first kappa shape index (κ1) is 20.2. The summed E-state index contributed by atoms with van der Waals surface area (Å²) in [5, 5.41) is 14.0. The number of rotatable bonds is 6. The molecule has 2 fully saturated rings. The van der Waals surface area contributed by atoms with Gasteiger partial charge in [0.15, 0.2) is 4.77 Å². The fourth-order valence-electron chi connectivity index (χ4n) is 3.71. The van der Waals surface area contributed by atoms with Gasteiger partial charge in [-0.1, -0.05) is 12.1 Å². The summed E-state index contributed by atoms with van der Waals surface area (Å²) in [5.41, 5.74) is 0.180. The molecule has 8 nitrogen and oxygen atoms in total. The number of sulfonamides is 1. The maximum absolute atomic E-state index is 13.0. The van der Waals surface area contributed by atoms with E-state index in [0.29, 0.717) is 38.8 Å². The summed E-state index contributed by atoms with van der Waals surface area (Å²) >= 11 is 5.60. The summed E-state index contributed by atoms with van der Waals surface area (Å²) in [7, 11) is -3.68. The SMILES string of the molecule is CCn1c(C2CC2)nn(CN2CCN(S(=O)(=O)c3ccccc3C#N)CC2)c1=S. The molecular formula is C19H24N6O2S2. The molecule has 1 saturated carbocycles. The lowest BCUT2D eigenvalue weighted by atomic mass is 10.2. The molecule has 2 heterocycles. The zero-order valence-electron chi connectivity index (χ0n) is 16.4. The van der Waals surface area contributed by atoms with Crippen LogP contribution in [0.5, 0.6) is 0 Å². The lowest BCUT2D eigenvalue weighted by Gasteiger charge is -2.33. The van der Waals surface area contributed by atoms with Crippen molar-refractivity contribution in [3.63, 3.8) is 0 Å². The van der Waals surface area contributed by atoms with E-state index in [1.165, 1.54) is 29.3 Å². The third-order valence-corrected chi connectivity index (χ3v) is 7.89. The quantitative estimate of drug-likeness (QED) is 0.650. The van der Waals surface area contributed by atoms with E-state index in [1.807, 2.05) is 10.8 Å². The molecule has 10 heteroatoms. The van der Waals surface area contributed by atoms with E-state index in [9.17, 15) is 13.7 Å². The Morgan fingerprint density at radius 2 is 1.90 bits per heavy atom. The van der Waals surface area contributed by atoms with Gasteiger partial charge in [-0.3, -0.25) is 4.90 Å². The molecule has 4 rings (SSSR count). The molecule has 1 aromatic heterocycles. The van der Waals surface area contributed by atoms with Crippen LogP contribution in [0.1, 0.15) is 37.1 Å². The number of hydrogen-bond donors (Lipinski definition) is 0. The number of hydrogen-bond acceptors (Lipinski definition) is 6. The van der Waals surface area contributed by atoms with Crippen LogP contribution in [0, 0.1) is 16.1 Å². The normalized spacial score (nSPS) is 18.6. The first-order valence-corrected chi connectivity index (χ1v) is 11.7. The second-order valence-corrected chi connectivity index (χ2v) is 9.70. The zero-order valence-corrected chi connectivity index (χ0v) is 18.0. The van der Waals surface area contributed by atoms with Crippen LogP contribution in [-0.2, 0) is 23.2 Å². The van der Waals surface area contributed by atoms with Gasteiger partial charge in [0.05, 0.1) is 17.1 Å². The molecule has 29 heavy (non-hydrogen) atoms. The van der Waals surface area contributed by atoms with E-state index < -0.39 is 10.0 Å². The molecule has 1 aliphatic heterocycles. The molecule has 0 N–H and O–H groups in total. The van der Waals surface area contributed by atoms with Gasteiger partial charge < -0.3 is 4.57 Å². The first-order valence-electron chi connectivity index (χ1n) is 9.85. The summed E-state index contributed by atoms with van der Waals surface area (Å²) in [6.45, 7) is 5.39. The molecule has 0 atom stereocenters. The van der Waals surface area contributed by atoms with Crippen LogP contribution >= 0.6 is 12.2 Å². The molecule has 154 valence electrons. The van der Waals surface area contributed by atoms with Crippen molar-refractivity contribution in [2.75, 3.05) is 26.2 Å². The van der Waals surface area contributed by atoms with Gasteiger partial charge >= 0.3 is 0 Å². The van der Waals surface area contributed by atoms with Crippen molar-refractivity contribution >= 4 is 22.2 Å². The molecular weight excluding hydrogens is 408 g/mol. The van der Waals surface area contributed by atoms with Gasteiger partial charge in [0.25, 0.3) is 0 Å². The molecule has 0 spiro atoms. The van der Waals surface area contributed by atoms with Crippen molar-refractivity contribution in [1.29, 1.82) is 5.26 Å². The summed E-state index contributed by atoms with van der Waals surface area (Å²) in [5.74, 6) is 1.60. The summed E-state index contributed by atoms with van der Waals surface area (Å²) in [6, 6.07) is 8.32. The maximum atomic E-state index is 13.0. The molecule has 0 unspecified atom stereocenters. The van der Waals surface area contributed by atoms with Crippen LogP contribution in [-0.4, -0.2) is 58.1 Å². The lowest BCUT2D eigenvalue weighted by Crippen LogP contribution is -2.49. The summed E-state index contributed by atoms with van der Waals surface area (Å²) in [6.07, 6.45) is 2.35. The highest BCUT2D eigenvalue weighted by atomic mass is 32.2. The van der Waals surface area contributed by atoms with Gasteiger partial charge in [-0.15, -0.1) is 0 Å². The van der Waals surface area contributed by atoms with E-state index in [4.69, 9.17) is 17.3 Å². The molecule has 2 aliphatic rings. The fourth-order valence-corrected chi connectivity index (χ4v) is 5.60. The molecule has 2 aromatic rings. The maximum Gasteiger partial charge on any atom is 0.244 e. The van der Waals surface area contributed by atoms with Crippen LogP contribution in [0.15, 0.2) is 29.2 Å². The largest absolute Gasteiger partial charge is 0.304 e. The standard InChI is InChI=1S/C19H24N6O2S2/c1-2-24-18(15-7-8-15)21-25(19(24)28)14-22-9-11-23(12-10-22)29(26,27)17-6-4-3-5-16(17)13-20/h3-6,15H,2,7-12,14H2,1H3. The second-order valence-electron chi connectivity index (χ2n) is 7.43. The predicted molar refractivity (Wildman–Crippen MR) is 110 cm³/mol. The topological polar surface area (TPSA) is 87.2 Å². The second kappa shape index (κ2) is 7.99. The van der Waals surface area contributed by atoms with E-state index in [2.05, 4.69) is 16.4 Å². The van der Waals surface area contributed by atoms with Crippen LogP contribution in [0.4, 0.5) is 0 Å². The minimum Gasteiger partial charge on any atom is -0.304 e. The average molecular weight is 433 g/mol. The van der Waals surface area contributed by atoms with Crippen LogP contribution in [0.2, 0.25) is 0 Å². The molecule has 1 aliphatic carbocycles.